The van der Waals surface area contributed by atoms with Gasteiger partial charge in [-0.05, 0) is 18.2 Å². The number of hydrogen-bond donors (Lipinski definition) is 2. The van der Waals surface area contributed by atoms with Crippen molar-refractivity contribution in [2.75, 3.05) is 0 Å². The predicted molar refractivity (Wildman–Crippen MR) is 49.5 cm³/mol. The molecule has 0 aliphatic carbocycles. The van der Waals surface area contributed by atoms with Crippen LogP contribution in [0.15, 0.2) is 27.4 Å². The molecule has 0 saturated carbocycles. The van der Waals surface area contributed by atoms with Gasteiger partial charge in [0.15, 0.2) is 5.58 Å². The van der Waals surface area contributed by atoms with Gasteiger partial charge < -0.3 is 4.42 Å². The number of benzene rings is 1. The Morgan fingerprint density at radius 3 is 3.00 bits per heavy atom. The van der Waals surface area contributed by atoms with E-state index >= 15 is 0 Å². The number of halogens is 1. The topological polar surface area (TPSA) is 69.8 Å². The highest BCUT2D eigenvalue weighted by Gasteiger charge is 2.03. The van der Waals surface area contributed by atoms with Crippen LogP contribution in [0.25, 0.3) is 11.1 Å². The standard InChI is InChI=1S/C8H5ClN2O2/c9-7(10)4-1-2-5-6(3-4)13-8(12)11-5/h1-3,10H,(H,11,12). The summed E-state index contributed by atoms with van der Waals surface area (Å²) >= 11 is 5.46. The minimum atomic E-state index is -0.506. The molecule has 1 aromatic carbocycles. The molecule has 0 amide bonds. The van der Waals surface area contributed by atoms with Crippen molar-refractivity contribution >= 4 is 27.9 Å². The lowest BCUT2D eigenvalue weighted by atomic mass is 10.2. The van der Waals surface area contributed by atoms with Gasteiger partial charge in [-0.25, -0.2) is 4.79 Å². The van der Waals surface area contributed by atoms with Crippen molar-refractivity contribution in [2.24, 2.45) is 0 Å². The lowest BCUT2D eigenvalue weighted by Crippen LogP contribution is -1.92. The summed E-state index contributed by atoms with van der Waals surface area (Å²) in [6.45, 7) is 0. The van der Waals surface area contributed by atoms with E-state index in [4.69, 9.17) is 21.4 Å². The average Bonchev–Trinajstić information content (AvgIpc) is 2.42. The summed E-state index contributed by atoms with van der Waals surface area (Å²) in [5, 5.41) is 7.07. The van der Waals surface area contributed by atoms with E-state index < -0.39 is 5.76 Å². The van der Waals surface area contributed by atoms with Gasteiger partial charge in [-0.2, -0.15) is 0 Å². The van der Waals surface area contributed by atoms with Gasteiger partial charge in [-0.1, -0.05) is 11.6 Å². The molecule has 0 aliphatic rings. The van der Waals surface area contributed by atoms with Crippen LogP contribution in [0, 0.1) is 5.41 Å². The normalized spacial score (nSPS) is 10.5. The lowest BCUT2D eigenvalue weighted by Gasteiger charge is -1.93. The van der Waals surface area contributed by atoms with Gasteiger partial charge in [0, 0.05) is 5.56 Å². The first-order chi connectivity index (χ1) is 6.16. The Morgan fingerprint density at radius 2 is 2.31 bits per heavy atom. The number of oxazole rings is 1. The van der Waals surface area contributed by atoms with Crippen LogP contribution in [0.2, 0.25) is 0 Å². The van der Waals surface area contributed by atoms with Crippen molar-refractivity contribution in [2.45, 2.75) is 0 Å². The van der Waals surface area contributed by atoms with Crippen molar-refractivity contribution < 1.29 is 4.42 Å². The molecule has 0 radical (unpaired) electrons. The average molecular weight is 197 g/mol. The fourth-order valence-electron chi connectivity index (χ4n) is 1.08. The SMILES string of the molecule is N=C(Cl)c1ccc2[nH]c(=O)oc2c1. The smallest absolute Gasteiger partial charge is 0.408 e. The van der Waals surface area contributed by atoms with E-state index in [-0.39, 0.29) is 5.17 Å². The Hall–Kier alpha value is -1.55. The van der Waals surface area contributed by atoms with Gasteiger partial charge in [-0.3, -0.25) is 10.4 Å². The second kappa shape index (κ2) is 2.74. The van der Waals surface area contributed by atoms with E-state index in [1.54, 1.807) is 18.2 Å². The van der Waals surface area contributed by atoms with Crippen LogP contribution >= 0.6 is 11.6 Å². The summed E-state index contributed by atoms with van der Waals surface area (Å²) in [6, 6.07) is 4.83. The molecule has 0 fully saturated rings. The minimum absolute atomic E-state index is 0.0780. The fraction of sp³-hybridized carbons (Fsp3) is 0. The molecule has 1 heterocycles. The van der Waals surface area contributed by atoms with Crippen LogP contribution in [-0.4, -0.2) is 10.2 Å². The summed E-state index contributed by atoms with van der Waals surface area (Å²) in [6.07, 6.45) is 0. The molecule has 5 heteroatoms. The predicted octanol–water partition coefficient (Wildman–Crippen LogP) is 1.69. The molecule has 1 aromatic heterocycles. The van der Waals surface area contributed by atoms with Gasteiger partial charge >= 0.3 is 5.76 Å². The molecule has 0 spiro atoms. The third kappa shape index (κ3) is 1.36. The Kier molecular flexibility index (Phi) is 1.70. The highest BCUT2D eigenvalue weighted by atomic mass is 35.5. The number of nitrogens with one attached hydrogen (secondary N) is 2. The first-order valence-electron chi connectivity index (χ1n) is 3.54. The number of rotatable bonds is 1. The third-order valence-electron chi connectivity index (χ3n) is 1.67. The van der Waals surface area contributed by atoms with Crippen molar-refractivity contribution in [3.63, 3.8) is 0 Å². The summed E-state index contributed by atoms with van der Waals surface area (Å²) in [7, 11) is 0. The molecule has 2 rings (SSSR count). The summed E-state index contributed by atoms with van der Waals surface area (Å²) in [5.74, 6) is -0.506. The summed E-state index contributed by atoms with van der Waals surface area (Å²) in [5.41, 5.74) is 1.54. The van der Waals surface area contributed by atoms with Crippen LogP contribution in [0.4, 0.5) is 0 Å². The largest absolute Gasteiger partial charge is 0.417 e. The second-order valence-electron chi connectivity index (χ2n) is 2.54. The van der Waals surface area contributed by atoms with E-state index in [0.717, 1.165) is 0 Å². The first-order valence-corrected chi connectivity index (χ1v) is 3.92. The van der Waals surface area contributed by atoms with E-state index in [0.29, 0.717) is 16.7 Å². The number of aromatic nitrogens is 1. The molecule has 0 aliphatic heterocycles. The van der Waals surface area contributed by atoms with Crippen molar-refractivity contribution in [1.82, 2.24) is 4.98 Å². The number of hydrogen-bond acceptors (Lipinski definition) is 3. The minimum Gasteiger partial charge on any atom is -0.408 e. The second-order valence-corrected chi connectivity index (χ2v) is 2.92. The van der Waals surface area contributed by atoms with E-state index in [2.05, 4.69) is 4.98 Å². The molecule has 66 valence electrons. The number of H-pyrrole nitrogens is 1. The molecule has 2 aromatic rings. The van der Waals surface area contributed by atoms with Gasteiger partial charge in [0.25, 0.3) is 0 Å². The molecule has 2 N–H and O–H groups in total. The molecular weight excluding hydrogens is 192 g/mol. The highest BCUT2D eigenvalue weighted by molar-refractivity contribution is 6.68. The first kappa shape index (κ1) is 8.07. The maximum absolute atomic E-state index is 10.8. The third-order valence-corrected chi connectivity index (χ3v) is 1.89. The van der Waals surface area contributed by atoms with Crippen LogP contribution in [0.3, 0.4) is 0 Å². The lowest BCUT2D eigenvalue weighted by molar-refractivity contribution is 0.555. The summed E-state index contributed by atoms with van der Waals surface area (Å²) in [4.78, 5) is 13.2. The van der Waals surface area contributed by atoms with Crippen LogP contribution in [-0.2, 0) is 0 Å². The molecule has 0 saturated heterocycles. The van der Waals surface area contributed by atoms with Crippen molar-refractivity contribution in [3.05, 3.63) is 34.3 Å². The molecule has 13 heavy (non-hydrogen) atoms. The molecular formula is C8H5ClN2O2. The zero-order valence-electron chi connectivity index (χ0n) is 6.43. The van der Waals surface area contributed by atoms with Gasteiger partial charge in [0.1, 0.15) is 5.17 Å². The monoisotopic (exact) mass is 196 g/mol. The molecule has 0 bridgehead atoms. The van der Waals surface area contributed by atoms with Gasteiger partial charge in [0.05, 0.1) is 5.52 Å². The Balaban J connectivity index is 2.74. The maximum Gasteiger partial charge on any atom is 0.417 e. The fourth-order valence-corrected chi connectivity index (χ4v) is 1.20. The zero-order chi connectivity index (χ0) is 9.42. The summed E-state index contributed by atoms with van der Waals surface area (Å²) < 4.78 is 4.79. The van der Waals surface area contributed by atoms with Gasteiger partial charge in [-0.15, -0.1) is 0 Å². The van der Waals surface area contributed by atoms with E-state index in [1.807, 2.05) is 0 Å². The maximum atomic E-state index is 10.8. The van der Waals surface area contributed by atoms with E-state index in [9.17, 15) is 4.79 Å². The highest BCUT2D eigenvalue weighted by Crippen LogP contribution is 2.13. The van der Waals surface area contributed by atoms with Gasteiger partial charge in [0.2, 0.25) is 0 Å². The molecule has 0 atom stereocenters. The van der Waals surface area contributed by atoms with Crippen LogP contribution in [0.1, 0.15) is 5.56 Å². The van der Waals surface area contributed by atoms with Crippen LogP contribution < -0.4 is 5.76 Å². The van der Waals surface area contributed by atoms with Crippen molar-refractivity contribution in [1.29, 1.82) is 5.41 Å². The van der Waals surface area contributed by atoms with Crippen LogP contribution in [0.5, 0.6) is 0 Å². The molecule has 4 nitrogen and oxygen atoms in total. The Morgan fingerprint density at radius 1 is 1.54 bits per heavy atom. The van der Waals surface area contributed by atoms with Crippen molar-refractivity contribution in [3.8, 4) is 0 Å². The Bertz CT molecular complexity index is 526. The number of fused-ring (bicyclic) bond motifs is 1. The van der Waals surface area contributed by atoms with E-state index in [1.165, 1.54) is 0 Å². The molecule has 0 unspecified atom stereocenters. The zero-order valence-corrected chi connectivity index (χ0v) is 7.18. The quantitative estimate of drug-likeness (QED) is 0.682. The number of aromatic amines is 1. The Labute approximate surface area is 77.6 Å².